The van der Waals surface area contributed by atoms with Crippen molar-refractivity contribution in [2.24, 2.45) is 0 Å². The lowest BCUT2D eigenvalue weighted by molar-refractivity contribution is 0.0788. The molecule has 0 aliphatic heterocycles. The standard InChI is InChI=1S/C9H12BrN3O2/c1-13(6-2-5-10)9(15)7-3-4-8(14)12-11-7/h3-4H,2,5-6H2,1H3,(H,12,14). The molecule has 0 aliphatic carbocycles. The van der Waals surface area contributed by atoms with Crippen molar-refractivity contribution in [3.8, 4) is 0 Å². The van der Waals surface area contributed by atoms with Crippen molar-refractivity contribution in [2.75, 3.05) is 18.9 Å². The van der Waals surface area contributed by atoms with E-state index < -0.39 is 0 Å². The summed E-state index contributed by atoms with van der Waals surface area (Å²) in [6.45, 7) is 0.658. The van der Waals surface area contributed by atoms with Crippen LogP contribution in [0.25, 0.3) is 0 Å². The van der Waals surface area contributed by atoms with Crippen molar-refractivity contribution in [1.82, 2.24) is 15.1 Å². The van der Waals surface area contributed by atoms with Gasteiger partial charge >= 0.3 is 0 Å². The Labute approximate surface area is 95.6 Å². The fourth-order valence-electron chi connectivity index (χ4n) is 1.06. The number of alkyl halides is 1. The number of nitrogens with one attached hydrogen (secondary N) is 1. The number of nitrogens with zero attached hydrogens (tertiary/aromatic N) is 2. The Morgan fingerprint density at radius 1 is 1.60 bits per heavy atom. The van der Waals surface area contributed by atoms with Crippen LogP contribution in [0.1, 0.15) is 16.9 Å². The highest BCUT2D eigenvalue weighted by Gasteiger charge is 2.12. The third-order valence-corrected chi connectivity index (χ3v) is 2.43. The van der Waals surface area contributed by atoms with E-state index in [1.807, 2.05) is 0 Å². The number of carbonyl (C=O) groups is 1. The molecule has 0 aromatic carbocycles. The lowest BCUT2D eigenvalue weighted by Crippen LogP contribution is -2.29. The van der Waals surface area contributed by atoms with Crippen molar-refractivity contribution in [3.05, 3.63) is 28.2 Å². The maximum Gasteiger partial charge on any atom is 0.274 e. The number of halogens is 1. The van der Waals surface area contributed by atoms with Crippen molar-refractivity contribution in [1.29, 1.82) is 0 Å². The normalized spacial score (nSPS) is 10.0. The van der Waals surface area contributed by atoms with E-state index in [1.54, 1.807) is 11.9 Å². The molecule has 5 nitrogen and oxygen atoms in total. The average molecular weight is 274 g/mol. The molecule has 0 unspecified atom stereocenters. The second kappa shape index (κ2) is 5.65. The summed E-state index contributed by atoms with van der Waals surface area (Å²) in [6, 6.07) is 2.71. The molecule has 0 atom stereocenters. The molecule has 0 saturated heterocycles. The Hall–Kier alpha value is -1.17. The average Bonchev–Trinajstić information content (AvgIpc) is 2.26. The fourth-order valence-corrected chi connectivity index (χ4v) is 1.31. The largest absolute Gasteiger partial charge is 0.340 e. The number of carbonyl (C=O) groups excluding carboxylic acids is 1. The Morgan fingerprint density at radius 2 is 2.33 bits per heavy atom. The van der Waals surface area contributed by atoms with E-state index in [0.717, 1.165) is 11.8 Å². The van der Waals surface area contributed by atoms with E-state index in [1.165, 1.54) is 12.1 Å². The van der Waals surface area contributed by atoms with Gasteiger partial charge in [-0.3, -0.25) is 9.59 Å². The predicted molar refractivity (Wildman–Crippen MR) is 60.2 cm³/mol. The quantitative estimate of drug-likeness (QED) is 0.819. The molecule has 0 aliphatic rings. The first-order valence-electron chi connectivity index (χ1n) is 4.52. The van der Waals surface area contributed by atoms with Gasteiger partial charge in [0.05, 0.1) is 0 Å². The summed E-state index contributed by atoms with van der Waals surface area (Å²) in [6.07, 6.45) is 0.881. The molecule has 15 heavy (non-hydrogen) atoms. The van der Waals surface area contributed by atoms with Crippen LogP contribution in [0, 0.1) is 0 Å². The zero-order valence-electron chi connectivity index (χ0n) is 8.36. The first-order valence-corrected chi connectivity index (χ1v) is 5.64. The van der Waals surface area contributed by atoms with E-state index in [2.05, 4.69) is 26.1 Å². The SMILES string of the molecule is CN(CCCBr)C(=O)c1ccc(=O)[nH]n1. The summed E-state index contributed by atoms with van der Waals surface area (Å²) in [7, 11) is 1.71. The maximum atomic E-state index is 11.7. The molecule has 0 fully saturated rings. The van der Waals surface area contributed by atoms with Crippen LogP contribution in [0.2, 0.25) is 0 Å². The number of aromatic nitrogens is 2. The first kappa shape index (κ1) is 11.9. The lowest BCUT2D eigenvalue weighted by atomic mass is 10.3. The molecule has 0 bridgehead atoms. The summed E-state index contributed by atoms with van der Waals surface area (Å²) in [5, 5.41) is 6.75. The van der Waals surface area contributed by atoms with Crippen LogP contribution in [0.3, 0.4) is 0 Å². The van der Waals surface area contributed by atoms with Crippen molar-refractivity contribution < 1.29 is 4.79 Å². The third kappa shape index (κ3) is 3.47. The molecule has 1 aromatic rings. The number of aromatic amines is 1. The summed E-state index contributed by atoms with van der Waals surface area (Å²) in [5.41, 5.74) is -0.0543. The Bertz CT molecular complexity index is 371. The van der Waals surface area contributed by atoms with Gasteiger partial charge in [0.2, 0.25) is 0 Å². The van der Waals surface area contributed by atoms with E-state index in [9.17, 15) is 9.59 Å². The smallest absolute Gasteiger partial charge is 0.274 e. The summed E-state index contributed by atoms with van der Waals surface area (Å²) in [4.78, 5) is 24.0. The second-order valence-electron chi connectivity index (χ2n) is 3.08. The topological polar surface area (TPSA) is 66.1 Å². The van der Waals surface area contributed by atoms with Crippen LogP contribution in [0.5, 0.6) is 0 Å². The molecule has 1 amide bonds. The minimum Gasteiger partial charge on any atom is -0.340 e. The highest BCUT2D eigenvalue weighted by atomic mass is 79.9. The van der Waals surface area contributed by atoms with Crippen molar-refractivity contribution in [2.45, 2.75) is 6.42 Å². The van der Waals surface area contributed by atoms with Gasteiger partial charge in [-0.15, -0.1) is 0 Å². The highest BCUT2D eigenvalue weighted by Crippen LogP contribution is 1.98. The number of amides is 1. The number of hydrogen-bond donors (Lipinski definition) is 1. The zero-order chi connectivity index (χ0) is 11.3. The van der Waals surface area contributed by atoms with Crippen LogP contribution in [-0.2, 0) is 0 Å². The molecular formula is C9H12BrN3O2. The maximum absolute atomic E-state index is 11.7. The molecule has 0 saturated carbocycles. The Kier molecular flexibility index (Phi) is 4.48. The zero-order valence-corrected chi connectivity index (χ0v) is 9.95. The van der Waals surface area contributed by atoms with Gasteiger partial charge in [-0.1, -0.05) is 15.9 Å². The van der Waals surface area contributed by atoms with Crippen molar-refractivity contribution in [3.63, 3.8) is 0 Å². The second-order valence-corrected chi connectivity index (χ2v) is 3.87. The van der Waals surface area contributed by atoms with Gasteiger partial charge in [0.15, 0.2) is 0 Å². The van der Waals surface area contributed by atoms with Gasteiger partial charge in [0.1, 0.15) is 5.69 Å². The van der Waals surface area contributed by atoms with Gasteiger partial charge in [0, 0.05) is 25.0 Å². The minimum atomic E-state index is -0.310. The molecule has 1 heterocycles. The highest BCUT2D eigenvalue weighted by molar-refractivity contribution is 9.09. The Balaban J connectivity index is 2.67. The fraction of sp³-hybridized carbons (Fsp3) is 0.444. The van der Waals surface area contributed by atoms with Gasteiger partial charge in [-0.2, -0.15) is 5.10 Å². The molecular weight excluding hydrogens is 262 g/mol. The molecule has 0 spiro atoms. The predicted octanol–water partition coefficient (Wildman–Crippen LogP) is 0.627. The van der Waals surface area contributed by atoms with E-state index in [0.29, 0.717) is 6.54 Å². The third-order valence-electron chi connectivity index (χ3n) is 1.87. The molecule has 0 radical (unpaired) electrons. The first-order chi connectivity index (χ1) is 7.15. The summed E-state index contributed by atoms with van der Waals surface area (Å²) in [5.74, 6) is -0.188. The Morgan fingerprint density at radius 3 is 2.87 bits per heavy atom. The summed E-state index contributed by atoms with van der Waals surface area (Å²) < 4.78 is 0. The molecule has 82 valence electrons. The van der Waals surface area contributed by atoms with Crippen molar-refractivity contribution >= 4 is 21.8 Å². The number of rotatable bonds is 4. The number of hydrogen-bond acceptors (Lipinski definition) is 3. The molecule has 1 aromatic heterocycles. The molecule has 6 heteroatoms. The molecule has 1 rings (SSSR count). The van der Waals surface area contributed by atoms with Crippen LogP contribution in [0.4, 0.5) is 0 Å². The molecule has 1 N–H and O–H groups in total. The van der Waals surface area contributed by atoms with Gasteiger partial charge < -0.3 is 4.90 Å². The van der Waals surface area contributed by atoms with E-state index >= 15 is 0 Å². The van der Waals surface area contributed by atoms with Gasteiger partial charge in [-0.05, 0) is 12.5 Å². The van der Waals surface area contributed by atoms with Crippen LogP contribution in [-0.4, -0.2) is 39.9 Å². The lowest BCUT2D eigenvalue weighted by Gasteiger charge is -2.15. The van der Waals surface area contributed by atoms with Gasteiger partial charge in [-0.25, -0.2) is 5.10 Å². The monoisotopic (exact) mass is 273 g/mol. The van der Waals surface area contributed by atoms with Crippen LogP contribution >= 0.6 is 15.9 Å². The van der Waals surface area contributed by atoms with Crippen LogP contribution in [0.15, 0.2) is 16.9 Å². The minimum absolute atomic E-state index is 0.188. The van der Waals surface area contributed by atoms with Gasteiger partial charge in [0.25, 0.3) is 11.5 Å². The van der Waals surface area contributed by atoms with E-state index in [4.69, 9.17) is 0 Å². The van der Waals surface area contributed by atoms with E-state index in [-0.39, 0.29) is 17.2 Å². The van der Waals surface area contributed by atoms with Crippen LogP contribution < -0.4 is 5.56 Å². The number of H-pyrrole nitrogens is 1. The summed E-state index contributed by atoms with van der Waals surface area (Å²) >= 11 is 3.29.